The van der Waals surface area contributed by atoms with Crippen LogP contribution in [0.3, 0.4) is 0 Å². The lowest BCUT2D eigenvalue weighted by molar-refractivity contribution is 0.235. The maximum absolute atomic E-state index is 12.0. The van der Waals surface area contributed by atoms with Crippen LogP contribution < -0.4 is 15.4 Å². The number of furan rings is 1. The third kappa shape index (κ3) is 4.03. The molecule has 0 saturated carbocycles. The molecule has 1 atom stereocenters. The first-order valence-electron chi connectivity index (χ1n) is 7.52. The van der Waals surface area contributed by atoms with Crippen molar-refractivity contribution < 1.29 is 13.9 Å². The number of pyridine rings is 1. The molecule has 0 radical (unpaired) electrons. The molecular weight excluding hydrogens is 294 g/mol. The summed E-state index contributed by atoms with van der Waals surface area (Å²) >= 11 is 0. The molecule has 23 heavy (non-hydrogen) atoms. The topological polar surface area (TPSA) is 76.4 Å². The molecule has 0 fully saturated rings. The van der Waals surface area contributed by atoms with Crippen LogP contribution in [0.4, 0.5) is 4.79 Å². The lowest BCUT2D eigenvalue weighted by atomic mass is 10.1. The number of urea groups is 1. The van der Waals surface area contributed by atoms with Crippen molar-refractivity contribution in [1.29, 1.82) is 0 Å². The number of nitrogens with one attached hydrogen (secondary N) is 2. The average molecular weight is 317 g/mol. The molecule has 6 nitrogen and oxygen atoms in total. The number of aryl methyl sites for hydroxylation is 2. The van der Waals surface area contributed by atoms with Crippen molar-refractivity contribution in [2.75, 3.05) is 7.11 Å². The Hall–Kier alpha value is -2.50. The smallest absolute Gasteiger partial charge is 0.315 e. The first-order chi connectivity index (χ1) is 10.9. The maximum Gasteiger partial charge on any atom is 0.315 e. The molecule has 124 valence electrons. The predicted octanol–water partition coefficient (Wildman–Crippen LogP) is 3.17. The van der Waals surface area contributed by atoms with Crippen molar-refractivity contribution in [1.82, 2.24) is 15.6 Å². The number of hydrogen-bond acceptors (Lipinski definition) is 4. The summed E-state index contributed by atoms with van der Waals surface area (Å²) in [6.45, 7) is 7.95. The van der Waals surface area contributed by atoms with Gasteiger partial charge in [-0.05, 0) is 39.8 Å². The molecule has 6 heteroatoms. The zero-order valence-corrected chi connectivity index (χ0v) is 14.2. The molecule has 0 aromatic carbocycles. The highest BCUT2D eigenvalue weighted by Crippen LogP contribution is 2.23. The van der Waals surface area contributed by atoms with E-state index in [4.69, 9.17) is 9.15 Å². The van der Waals surface area contributed by atoms with Crippen LogP contribution in [0.25, 0.3) is 0 Å². The molecule has 2 amide bonds. The number of hydrogen-bond donors (Lipinski definition) is 2. The Labute approximate surface area is 136 Å². The van der Waals surface area contributed by atoms with Crippen LogP contribution in [0.15, 0.2) is 22.7 Å². The van der Waals surface area contributed by atoms with Crippen LogP contribution in [0.1, 0.15) is 41.3 Å². The van der Waals surface area contributed by atoms with Crippen LogP contribution in [0.2, 0.25) is 0 Å². The minimum atomic E-state index is -0.271. The van der Waals surface area contributed by atoms with Crippen molar-refractivity contribution in [3.63, 3.8) is 0 Å². The number of nitrogens with zero attached hydrogens (tertiary/aromatic N) is 1. The summed E-state index contributed by atoms with van der Waals surface area (Å²) in [4.78, 5) is 16.4. The van der Waals surface area contributed by atoms with Crippen molar-refractivity contribution in [2.45, 2.75) is 40.3 Å². The van der Waals surface area contributed by atoms with Crippen LogP contribution in [-0.2, 0) is 6.54 Å². The first kappa shape index (κ1) is 16.9. The standard InChI is InChI=1S/C17H23N3O3/c1-10-8-18-14(12(3)16(10)22-5)9-19-17(21)20-13(4)15-7-6-11(2)23-15/h6-8,13H,9H2,1-5H3,(H2,19,20,21). The Bertz CT molecular complexity index is 694. The van der Waals surface area contributed by atoms with Gasteiger partial charge in [-0.25, -0.2) is 4.79 Å². The molecule has 1 unspecified atom stereocenters. The highest BCUT2D eigenvalue weighted by molar-refractivity contribution is 5.74. The molecule has 0 aliphatic rings. The molecule has 0 saturated heterocycles. The van der Waals surface area contributed by atoms with E-state index in [1.165, 1.54) is 0 Å². The van der Waals surface area contributed by atoms with Gasteiger partial charge in [0.2, 0.25) is 0 Å². The second-order valence-corrected chi connectivity index (χ2v) is 5.54. The summed E-state index contributed by atoms with van der Waals surface area (Å²) in [5.74, 6) is 2.35. The van der Waals surface area contributed by atoms with E-state index in [1.54, 1.807) is 13.3 Å². The van der Waals surface area contributed by atoms with Gasteiger partial charge in [-0.15, -0.1) is 0 Å². The van der Waals surface area contributed by atoms with Gasteiger partial charge in [0, 0.05) is 17.3 Å². The van der Waals surface area contributed by atoms with Crippen LogP contribution in [0.5, 0.6) is 5.75 Å². The van der Waals surface area contributed by atoms with Gasteiger partial charge in [-0.3, -0.25) is 4.98 Å². The predicted molar refractivity (Wildman–Crippen MR) is 87.5 cm³/mol. The van der Waals surface area contributed by atoms with E-state index in [1.807, 2.05) is 39.8 Å². The Morgan fingerprint density at radius 1 is 1.35 bits per heavy atom. The lowest BCUT2D eigenvalue weighted by Gasteiger charge is -2.15. The fraction of sp³-hybridized carbons (Fsp3) is 0.412. The van der Waals surface area contributed by atoms with E-state index in [0.29, 0.717) is 6.54 Å². The highest BCUT2D eigenvalue weighted by atomic mass is 16.5. The van der Waals surface area contributed by atoms with Crippen molar-refractivity contribution in [2.24, 2.45) is 0 Å². The van der Waals surface area contributed by atoms with Gasteiger partial charge >= 0.3 is 6.03 Å². The Morgan fingerprint density at radius 2 is 2.09 bits per heavy atom. The molecule has 0 spiro atoms. The lowest BCUT2D eigenvalue weighted by Crippen LogP contribution is -2.36. The Balaban J connectivity index is 1.94. The third-order valence-corrected chi connectivity index (χ3v) is 3.70. The fourth-order valence-electron chi connectivity index (χ4n) is 2.42. The normalized spacial score (nSPS) is 11.9. The second kappa shape index (κ2) is 7.17. The van der Waals surface area contributed by atoms with Gasteiger partial charge in [-0.2, -0.15) is 0 Å². The molecule has 2 rings (SSSR count). The van der Waals surface area contributed by atoms with E-state index >= 15 is 0 Å². The number of rotatable bonds is 5. The molecule has 2 N–H and O–H groups in total. The molecule has 0 aliphatic heterocycles. The summed E-state index contributed by atoms with van der Waals surface area (Å²) in [7, 11) is 1.63. The third-order valence-electron chi connectivity index (χ3n) is 3.70. The van der Waals surface area contributed by atoms with E-state index < -0.39 is 0 Å². The summed E-state index contributed by atoms with van der Waals surface area (Å²) in [5.41, 5.74) is 2.69. The van der Waals surface area contributed by atoms with Gasteiger partial charge in [0.25, 0.3) is 0 Å². The molecular formula is C17H23N3O3. The minimum absolute atomic E-state index is 0.203. The SMILES string of the molecule is COc1c(C)cnc(CNC(=O)NC(C)c2ccc(C)o2)c1C. The molecule has 2 heterocycles. The maximum atomic E-state index is 12.0. The van der Waals surface area contributed by atoms with Crippen molar-refractivity contribution in [3.8, 4) is 5.75 Å². The van der Waals surface area contributed by atoms with Gasteiger partial charge < -0.3 is 19.8 Å². The monoisotopic (exact) mass is 317 g/mol. The van der Waals surface area contributed by atoms with Gasteiger partial charge in [-0.1, -0.05) is 0 Å². The minimum Gasteiger partial charge on any atom is -0.496 e. The number of carbonyl (C=O) groups excluding carboxylic acids is 1. The first-order valence-corrected chi connectivity index (χ1v) is 7.52. The number of carbonyl (C=O) groups is 1. The molecule has 0 aliphatic carbocycles. The Kier molecular flexibility index (Phi) is 5.26. The molecule has 2 aromatic rings. The zero-order valence-electron chi connectivity index (χ0n) is 14.2. The average Bonchev–Trinajstić information content (AvgIpc) is 2.93. The fourth-order valence-corrected chi connectivity index (χ4v) is 2.42. The largest absolute Gasteiger partial charge is 0.496 e. The number of methoxy groups -OCH3 is 1. The molecule has 0 bridgehead atoms. The van der Waals surface area contributed by atoms with E-state index in [-0.39, 0.29) is 12.1 Å². The van der Waals surface area contributed by atoms with E-state index in [0.717, 1.165) is 34.1 Å². The van der Waals surface area contributed by atoms with Crippen LogP contribution in [-0.4, -0.2) is 18.1 Å². The quantitative estimate of drug-likeness (QED) is 0.888. The zero-order chi connectivity index (χ0) is 17.0. The van der Waals surface area contributed by atoms with Crippen LogP contribution in [0, 0.1) is 20.8 Å². The second-order valence-electron chi connectivity index (χ2n) is 5.54. The number of aromatic nitrogens is 1. The number of amides is 2. The summed E-state index contributed by atoms with van der Waals surface area (Å²) in [6.07, 6.45) is 1.75. The van der Waals surface area contributed by atoms with Gasteiger partial charge in [0.15, 0.2) is 0 Å². The number of ether oxygens (including phenoxy) is 1. The molecule has 2 aromatic heterocycles. The van der Waals surface area contributed by atoms with Crippen molar-refractivity contribution in [3.05, 3.63) is 46.7 Å². The Morgan fingerprint density at radius 3 is 2.70 bits per heavy atom. The van der Waals surface area contributed by atoms with Crippen molar-refractivity contribution >= 4 is 6.03 Å². The van der Waals surface area contributed by atoms with Crippen LogP contribution >= 0.6 is 0 Å². The van der Waals surface area contributed by atoms with E-state index in [9.17, 15) is 4.79 Å². The summed E-state index contributed by atoms with van der Waals surface area (Å²) in [6, 6.07) is 3.26. The van der Waals surface area contributed by atoms with Gasteiger partial charge in [0.05, 0.1) is 25.4 Å². The summed E-state index contributed by atoms with van der Waals surface area (Å²) < 4.78 is 10.9. The summed E-state index contributed by atoms with van der Waals surface area (Å²) in [5, 5.41) is 5.64. The van der Waals surface area contributed by atoms with E-state index in [2.05, 4.69) is 15.6 Å². The highest BCUT2D eigenvalue weighted by Gasteiger charge is 2.14. The van der Waals surface area contributed by atoms with Gasteiger partial charge in [0.1, 0.15) is 17.3 Å².